The van der Waals surface area contributed by atoms with Crippen LogP contribution in [0.25, 0.3) is 10.9 Å². The van der Waals surface area contributed by atoms with Crippen molar-refractivity contribution in [1.82, 2.24) is 4.98 Å². The fraction of sp³-hybridized carbons (Fsp3) is 0.471. The lowest BCUT2D eigenvalue weighted by atomic mass is 9.95. The number of rotatable bonds is 2. The van der Waals surface area contributed by atoms with Gasteiger partial charge in [-0.05, 0) is 55.7 Å². The third-order valence-corrected chi connectivity index (χ3v) is 4.97. The first-order chi connectivity index (χ1) is 9.29. The Labute approximate surface area is 114 Å². The molecule has 2 aliphatic rings. The van der Waals surface area contributed by atoms with Gasteiger partial charge in [0.05, 0.1) is 5.52 Å². The molecule has 1 N–H and O–H groups in total. The van der Waals surface area contributed by atoms with Crippen molar-refractivity contribution in [2.75, 3.05) is 5.32 Å². The molecule has 2 fully saturated rings. The Balaban J connectivity index is 1.65. The van der Waals surface area contributed by atoms with Crippen LogP contribution in [0.4, 0.5) is 5.82 Å². The molecular weight excluding hydrogens is 232 g/mol. The predicted molar refractivity (Wildman–Crippen MR) is 79.3 cm³/mol. The first-order valence-corrected chi connectivity index (χ1v) is 7.42. The molecule has 0 radical (unpaired) electrons. The zero-order valence-electron chi connectivity index (χ0n) is 11.4. The highest BCUT2D eigenvalue weighted by atomic mass is 15.0. The number of nitrogens with one attached hydrogen (secondary N) is 1. The summed E-state index contributed by atoms with van der Waals surface area (Å²) >= 11 is 0. The standard InChI is InChI=1S/C17H20N2/c1-11-8-13-4-2-3-5-15(13)18-17(11)19-16-10-12-6-7-14(16)9-12/h2-5,8,12,14,16H,6-7,9-10H2,1H3,(H,18,19). The zero-order chi connectivity index (χ0) is 12.8. The van der Waals surface area contributed by atoms with Crippen LogP contribution in [0.5, 0.6) is 0 Å². The van der Waals surface area contributed by atoms with Gasteiger partial charge in [0, 0.05) is 11.4 Å². The Morgan fingerprint density at radius 1 is 1.16 bits per heavy atom. The molecule has 1 heterocycles. The Morgan fingerprint density at radius 3 is 2.84 bits per heavy atom. The van der Waals surface area contributed by atoms with Crippen molar-refractivity contribution >= 4 is 16.7 Å². The molecule has 1 aromatic carbocycles. The Hall–Kier alpha value is -1.57. The van der Waals surface area contributed by atoms with Crippen LogP contribution in [0, 0.1) is 18.8 Å². The van der Waals surface area contributed by atoms with Crippen molar-refractivity contribution in [2.45, 2.75) is 38.6 Å². The van der Waals surface area contributed by atoms with Crippen molar-refractivity contribution < 1.29 is 0 Å². The third-order valence-electron chi connectivity index (χ3n) is 4.97. The number of fused-ring (bicyclic) bond motifs is 3. The van der Waals surface area contributed by atoms with Crippen LogP contribution in [-0.4, -0.2) is 11.0 Å². The summed E-state index contributed by atoms with van der Waals surface area (Å²) in [7, 11) is 0. The Morgan fingerprint density at radius 2 is 2.05 bits per heavy atom. The maximum atomic E-state index is 4.81. The van der Waals surface area contributed by atoms with Gasteiger partial charge in [0.15, 0.2) is 0 Å². The summed E-state index contributed by atoms with van der Waals surface area (Å²) < 4.78 is 0. The lowest BCUT2D eigenvalue weighted by Crippen LogP contribution is -2.26. The molecule has 98 valence electrons. The maximum Gasteiger partial charge on any atom is 0.129 e. The quantitative estimate of drug-likeness (QED) is 0.868. The van der Waals surface area contributed by atoms with Crippen LogP contribution < -0.4 is 5.32 Å². The SMILES string of the molecule is Cc1cc2ccccc2nc1NC1CC2CCC1C2. The molecule has 0 amide bonds. The summed E-state index contributed by atoms with van der Waals surface area (Å²) in [6.45, 7) is 2.16. The van der Waals surface area contributed by atoms with E-state index in [9.17, 15) is 0 Å². The molecule has 19 heavy (non-hydrogen) atoms. The largest absolute Gasteiger partial charge is 0.367 e. The molecule has 3 unspecified atom stereocenters. The lowest BCUT2D eigenvalue weighted by molar-refractivity contribution is 0.439. The molecule has 3 atom stereocenters. The van der Waals surface area contributed by atoms with E-state index in [1.807, 2.05) is 0 Å². The van der Waals surface area contributed by atoms with E-state index in [0.717, 1.165) is 23.2 Å². The predicted octanol–water partition coefficient (Wildman–Crippen LogP) is 4.14. The van der Waals surface area contributed by atoms with Gasteiger partial charge in [-0.15, -0.1) is 0 Å². The Kier molecular flexibility index (Phi) is 2.51. The van der Waals surface area contributed by atoms with Gasteiger partial charge in [0.1, 0.15) is 5.82 Å². The molecule has 0 saturated heterocycles. The zero-order valence-corrected chi connectivity index (χ0v) is 11.4. The fourth-order valence-corrected chi connectivity index (χ4v) is 3.96. The van der Waals surface area contributed by atoms with Gasteiger partial charge in [-0.3, -0.25) is 0 Å². The van der Waals surface area contributed by atoms with E-state index in [1.165, 1.54) is 36.6 Å². The van der Waals surface area contributed by atoms with E-state index in [4.69, 9.17) is 4.98 Å². The van der Waals surface area contributed by atoms with Crippen LogP contribution in [-0.2, 0) is 0 Å². The number of aryl methyl sites for hydroxylation is 1. The van der Waals surface area contributed by atoms with Crippen molar-refractivity contribution in [3.8, 4) is 0 Å². The Bertz CT molecular complexity index is 620. The number of nitrogens with zero attached hydrogens (tertiary/aromatic N) is 1. The van der Waals surface area contributed by atoms with Crippen molar-refractivity contribution in [2.24, 2.45) is 11.8 Å². The number of pyridine rings is 1. The number of benzene rings is 1. The van der Waals surface area contributed by atoms with Crippen molar-refractivity contribution in [3.63, 3.8) is 0 Å². The fourth-order valence-electron chi connectivity index (χ4n) is 3.96. The first-order valence-electron chi connectivity index (χ1n) is 7.42. The minimum absolute atomic E-state index is 0.658. The highest BCUT2D eigenvalue weighted by Gasteiger charge is 2.39. The minimum Gasteiger partial charge on any atom is -0.367 e. The molecular formula is C17H20N2. The second-order valence-corrected chi connectivity index (χ2v) is 6.27. The van der Waals surface area contributed by atoms with E-state index in [2.05, 4.69) is 42.6 Å². The lowest BCUT2D eigenvalue weighted by Gasteiger charge is -2.24. The highest BCUT2D eigenvalue weighted by Crippen LogP contribution is 2.45. The number of para-hydroxylation sites is 1. The second-order valence-electron chi connectivity index (χ2n) is 6.27. The van der Waals surface area contributed by atoms with Gasteiger partial charge in [0.25, 0.3) is 0 Å². The van der Waals surface area contributed by atoms with E-state index >= 15 is 0 Å². The summed E-state index contributed by atoms with van der Waals surface area (Å²) in [4.78, 5) is 4.81. The first kappa shape index (κ1) is 11.3. The number of hydrogen-bond acceptors (Lipinski definition) is 2. The van der Waals surface area contributed by atoms with Crippen molar-refractivity contribution in [3.05, 3.63) is 35.9 Å². The van der Waals surface area contributed by atoms with Gasteiger partial charge in [-0.2, -0.15) is 0 Å². The molecule has 2 heteroatoms. The third kappa shape index (κ3) is 1.90. The molecule has 2 nitrogen and oxygen atoms in total. The van der Waals surface area contributed by atoms with Crippen molar-refractivity contribution in [1.29, 1.82) is 0 Å². The molecule has 1 aromatic heterocycles. The van der Waals surface area contributed by atoms with E-state index in [0.29, 0.717) is 6.04 Å². The average molecular weight is 252 g/mol. The summed E-state index contributed by atoms with van der Waals surface area (Å²) in [6.07, 6.45) is 5.64. The van der Waals surface area contributed by atoms with Crippen LogP contribution in [0.15, 0.2) is 30.3 Å². The molecule has 2 saturated carbocycles. The second kappa shape index (κ2) is 4.22. The average Bonchev–Trinajstić information content (AvgIpc) is 3.02. The van der Waals surface area contributed by atoms with E-state index < -0.39 is 0 Å². The molecule has 0 aliphatic heterocycles. The molecule has 2 aromatic rings. The topological polar surface area (TPSA) is 24.9 Å². The highest BCUT2D eigenvalue weighted by molar-refractivity contribution is 5.81. The van der Waals surface area contributed by atoms with Gasteiger partial charge >= 0.3 is 0 Å². The molecule has 2 aliphatic carbocycles. The molecule has 4 rings (SSSR count). The smallest absolute Gasteiger partial charge is 0.129 e. The van der Waals surface area contributed by atoms with E-state index in [-0.39, 0.29) is 0 Å². The number of hydrogen-bond donors (Lipinski definition) is 1. The normalized spacial score (nSPS) is 29.0. The monoisotopic (exact) mass is 252 g/mol. The summed E-state index contributed by atoms with van der Waals surface area (Å²) in [5, 5.41) is 4.96. The van der Waals surface area contributed by atoms with Gasteiger partial charge in [-0.25, -0.2) is 4.98 Å². The minimum atomic E-state index is 0.658. The number of aromatic nitrogens is 1. The van der Waals surface area contributed by atoms with Crippen LogP contribution in [0.1, 0.15) is 31.2 Å². The molecule has 2 bridgehead atoms. The van der Waals surface area contributed by atoms with Crippen LogP contribution >= 0.6 is 0 Å². The maximum absolute atomic E-state index is 4.81. The van der Waals surface area contributed by atoms with Crippen LogP contribution in [0.2, 0.25) is 0 Å². The summed E-state index contributed by atoms with van der Waals surface area (Å²) in [5.74, 6) is 2.96. The number of anilines is 1. The van der Waals surface area contributed by atoms with E-state index in [1.54, 1.807) is 0 Å². The van der Waals surface area contributed by atoms with Gasteiger partial charge < -0.3 is 5.32 Å². The summed E-state index contributed by atoms with van der Waals surface area (Å²) in [6, 6.07) is 11.3. The van der Waals surface area contributed by atoms with Gasteiger partial charge in [-0.1, -0.05) is 24.6 Å². The van der Waals surface area contributed by atoms with Crippen LogP contribution in [0.3, 0.4) is 0 Å². The molecule has 0 spiro atoms. The summed E-state index contributed by atoms with van der Waals surface area (Å²) in [5.41, 5.74) is 2.36. The van der Waals surface area contributed by atoms with Gasteiger partial charge in [0.2, 0.25) is 0 Å².